The second kappa shape index (κ2) is 3.77. The molecule has 6 heteroatoms. The fraction of sp³-hybridized carbons (Fsp3) is 0.333. The first-order chi connectivity index (χ1) is 7.03. The number of hydrogen-bond donors (Lipinski definition) is 0. The fourth-order valence-corrected chi connectivity index (χ4v) is 3.24. The van der Waals surface area contributed by atoms with E-state index in [1.807, 2.05) is 18.2 Å². The Morgan fingerprint density at radius 3 is 2.47 bits per heavy atom. The van der Waals surface area contributed by atoms with Crippen molar-refractivity contribution in [1.82, 2.24) is 4.31 Å². The molecule has 0 saturated carbocycles. The highest BCUT2D eigenvalue weighted by atomic mass is 79.9. The van der Waals surface area contributed by atoms with Crippen LogP contribution in [-0.4, -0.2) is 32.9 Å². The predicted octanol–water partition coefficient (Wildman–Crippen LogP) is 1.45. The van der Waals surface area contributed by atoms with Crippen molar-refractivity contribution in [3.63, 3.8) is 0 Å². The molecule has 0 aromatic heterocycles. The zero-order valence-electron chi connectivity index (χ0n) is 8.22. The van der Waals surface area contributed by atoms with E-state index in [1.165, 1.54) is 8.61 Å². The van der Waals surface area contributed by atoms with Crippen LogP contribution in [0.5, 0.6) is 0 Å². The van der Waals surface area contributed by atoms with Gasteiger partial charge in [0.05, 0.1) is 5.69 Å². The van der Waals surface area contributed by atoms with Crippen molar-refractivity contribution < 1.29 is 8.42 Å². The van der Waals surface area contributed by atoms with E-state index in [2.05, 4.69) is 15.9 Å². The molecular weight excluding hydrogens is 280 g/mol. The topological polar surface area (TPSA) is 40.4 Å². The van der Waals surface area contributed by atoms with E-state index in [0.717, 1.165) is 4.47 Å². The minimum Gasteiger partial charge on any atom is -0.260 e. The zero-order chi connectivity index (χ0) is 11.1. The quantitative estimate of drug-likeness (QED) is 0.791. The number of hydrogen-bond acceptors (Lipinski definition) is 2. The van der Waals surface area contributed by atoms with Gasteiger partial charge in [-0.3, -0.25) is 4.31 Å². The summed E-state index contributed by atoms with van der Waals surface area (Å²) in [6.07, 6.45) is 0. The molecule has 82 valence electrons. The largest absolute Gasteiger partial charge is 0.303 e. The Labute approximate surface area is 97.8 Å². The smallest absolute Gasteiger partial charge is 0.260 e. The van der Waals surface area contributed by atoms with Crippen LogP contribution in [0.15, 0.2) is 28.7 Å². The van der Waals surface area contributed by atoms with E-state index in [1.54, 1.807) is 13.1 Å². The normalized spacial score (nSPS) is 16.4. The maximum atomic E-state index is 11.9. The van der Waals surface area contributed by atoms with Gasteiger partial charge in [-0.2, -0.15) is 12.7 Å². The summed E-state index contributed by atoms with van der Waals surface area (Å²) >= 11 is 3.33. The maximum absolute atomic E-state index is 11.9. The van der Waals surface area contributed by atoms with Gasteiger partial charge in [-0.25, -0.2) is 0 Å². The van der Waals surface area contributed by atoms with Gasteiger partial charge in [-0.1, -0.05) is 12.1 Å². The third-order valence-corrected chi connectivity index (χ3v) is 4.85. The van der Waals surface area contributed by atoms with Crippen LogP contribution in [0.1, 0.15) is 0 Å². The van der Waals surface area contributed by atoms with Crippen molar-refractivity contribution in [2.24, 2.45) is 0 Å². The van der Waals surface area contributed by atoms with Gasteiger partial charge in [0.25, 0.3) is 0 Å². The minimum absolute atomic E-state index is 0.622. The van der Waals surface area contributed by atoms with Crippen molar-refractivity contribution >= 4 is 31.8 Å². The number of para-hydroxylation sites is 1. The first-order valence-corrected chi connectivity index (χ1v) is 6.71. The van der Waals surface area contributed by atoms with Gasteiger partial charge in [0.15, 0.2) is 0 Å². The van der Waals surface area contributed by atoms with Gasteiger partial charge in [-0.05, 0) is 28.1 Å². The molecule has 1 aliphatic rings. The third kappa shape index (κ3) is 2.02. The van der Waals surface area contributed by atoms with Gasteiger partial charge >= 0.3 is 10.2 Å². The second-order valence-corrected chi connectivity index (χ2v) is 6.14. The van der Waals surface area contributed by atoms with E-state index in [0.29, 0.717) is 18.8 Å². The van der Waals surface area contributed by atoms with Crippen molar-refractivity contribution in [3.8, 4) is 0 Å². The van der Waals surface area contributed by atoms with E-state index in [-0.39, 0.29) is 0 Å². The number of nitrogens with zero attached hydrogens (tertiary/aromatic N) is 2. The molecule has 1 fully saturated rings. The van der Waals surface area contributed by atoms with Crippen molar-refractivity contribution in [2.45, 2.75) is 0 Å². The van der Waals surface area contributed by atoms with E-state index in [4.69, 9.17) is 0 Å². The molecule has 0 N–H and O–H groups in total. The molecule has 15 heavy (non-hydrogen) atoms. The Kier molecular flexibility index (Phi) is 2.74. The number of benzene rings is 1. The van der Waals surface area contributed by atoms with Crippen molar-refractivity contribution in [1.29, 1.82) is 0 Å². The molecule has 0 radical (unpaired) electrons. The van der Waals surface area contributed by atoms with Crippen LogP contribution in [0.25, 0.3) is 0 Å². The molecule has 0 unspecified atom stereocenters. The van der Waals surface area contributed by atoms with Crippen LogP contribution in [-0.2, 0) is 10.2 Å². The summed E-state index contributed by atoms with van der Waals surface area (Å²) in [7, 11) is -1.74. The fourth-order valence-electron chi connectivity index (χ4n) is 1.28. The number of halogens is 1. The maximum Gasteiger partial charge on any atom is 0.303 e. The van der Waals surface area contributed by atoms with Crippen LogP contribution in [0.3, 0.4) is 0 Å². The highest BCUT2D eigenvalue weighted by Gasteiger charge is 2.35. The monoisotopic (exact) mass is 290 g/mol. The first kappa shape index (κ1) is 10.9. The summed E-state index contributed by atoms with van der Waals surface area (Å²) in [4.78, 5) is 0. The summed E-state index contributed by atoms with van der Waals surface area (Å²) in [5.74, 6) is 0. The summed E-state index contributed by atoms with van der Waals surface area (Å²) in [5, 5.41) is 0. The molecule has 1 aliphatic heterocycles. The van der Waals surface area contributed by atoms with Crippen LogP contribution in [0.4, 0.5) is 5.69 Å². The van der Waals surface area contributed by atoms with Crippen LogP contribution in [0.2, 0.25) is 0 Å². The highest BCUT2D eigenvalue weighted by Crippen LogP contribution is 2.29. The van der Waals surface area contributed by atoms with E-state index < -0.39 is 10.2 Å². The lowest BCUT2D eigenvalue weighted by atomic mass is 10.3. The van der Waals surface area contributed by atoms with Gasteiger partial charge in [0.2, 0.25) is 0 Å². The SMILES string of the molecule is CN(c1ccccc1Br)S(=O)(=O)N1CC1. The average Bonchev–Trinajstić information content (AvgIpc) is 3.00. The predicted molar refractivity (Wildman–Crippen MR) is 63.0 cm³/mol. The third-order valence-electron chi connectivity index (χ3n) is 2.27. The van der Waals surface area contributed by atoms with Gasteiger partial charge in [-0.15, -0.1) is 0 Å². The molecule has 1 heterocycles. The summed E-state index contributed by atoms with van der Waals surface area (Å²) in [6.45, 7) is 1.24. The lowest BCUT2D eigenvalue weighted by Crippen LogP contribution is -2.32. The Morgan fingerprint density at radius 2 is 1.93 bits per heavy atom. The van der Waals surface area contributed by atoms with Crippen LogP contribution < -0.4 is 4.31 Å². The lowest BCUT2D eigenvalue weighted by molar-refractivity contribution is 0.561. The van der Waals surface area contributed by atoms with Gasteiger partial charge in [0.1, 0.15) is 0 Å². The average molecular weight is 291 g/mol. The Morgan fingerprint density at radius 1 is 1.33 bits per heavy atom. The summed E-state index contributed by atoms with van der Waals surface area (Å²) < 4.78 is 27.2. The number of rotatable bonds is 3. The van der Waals surface area contributed by atoms with E-state index in [9.17, 15) is 8.42 Å². The van der Waals surface area contributed by atoms with Gasteiger partial charge in [0, 0.05) is 24.6 Å². The summed E-state index contributed by atoms with van der Waals surface area (Å²) in [5.41, 5.74) is 0.657. The van der Waals surface area contributed by atoms with E-state index >= 15 is 0 Å². The van der Waals surface area contributed by atoms with Crippen LogP contribution in [0, 0.1) is 0 Å². The van der Waals surface area contributed by atoms with Crippen molar-refractivity contribution in [2.75, 3.05) is 24.4 Å². The van der Waals surface area contributed by atoms with Crippen molar-refractivity contribution in [3.05, 3.63) is 28.7 Å². The molecule has 1 aromatic rings. The molecule has 0 aliphatic carbocycles. The number of anilines is 1. The Balaban J connectivity index is 2.36. The molecule has 1 aromatic carbocycles. The molecular formula is C9H11BrN2O2S. The molecule has 0 spiro atoms. The Bertz CT molecular complexity index is 471. The summed E-state index contributed by atoms with van der Waals surface area (Å²) in [6, 6.07) is 7.26. The van der Waals surface area contributed by atoms with Gasteiger partial charge < -0.3 is 0 Å². The lowest BCUT2D eigenvalue weighted by Gasteiger charge is -2.20. The molecule has 4 nitrogen and oxygen atoms in total. The standard InChI is InChI=1S/C9H11BrN2O2S/c1-11(15(13,14)12-6-7-12)9-5-3-2-4-8(9)10/h2-5H,6-7H2,1H3. The van der Waals surface area contributed by atoms with Crippen LogP contribution >= 0.6 is 15.9 Å². The molecule has 0 bridgehead atoms. The molecule has 2 rings (SSSR count). The zero-order valence-corrected chi connectivity index (χ0v) is 10.6. The highest BCUT2D eigenvalue weighted by molar-refractivity contribution is 9.10. The second-order valence-electron chi connectivity index (χ2n) is 3.33. The molecule has 0 atom stereocenters. The Hall–Kier alpha value is -0.590. The molecule has 1 saturated heterocycles. The minimum atomic E-state index is -3.30. The first-order valence-electron chi connectivity index (χ1n) is 4.52. The molecule has 0 amide bonds.